The largest absolute Gasteiger partial charge is 0.462 e. The van der Waals surface area contributed by atoms with Crippen LogP contribution in [0.25, 0.3) is 0 Å². The van der Waals surface area contributed by atoms with Crippen LogP contribution >= 0.6 is 0 Å². The van der Waals surface area contributed by atoms with Crippen molar-refractivity contribution < 1.29 is 28.6 Å². The van der Waals surface area contributed by atoms with E-state index in [2.05, 4.69) is 93.7 Å². The highest BCUT2D eigenvalue weighted by Gasteiger charge is 2.19. The van der Waals surface area contributed by atoms with Crippen LogP contribution in [-0.2, 0) is 28.6 Å². The third-order valence-electron chi connectivity index (χ3n) is 9.65. The molecule has 0 spiro atoms. The molecule has 0 aliphatic carbocycles. The molecule has 0 heterocycles. The number of carbonyl (C=O) groups excluding carboxylic acids is 3. The molecule has 0 saturated heterocycles. The lowest BCUT2D eigenvalue weighted by Crippen LogP contribution is -2.30. The zero-order chi connectivity index (χ0) is 42.3. The smallest absolute Gasteiger partial charge is 0.306 e. The van der Waals surface area contributed by atoms with Crippen LogP contribution < -0.4 is 0 Å². The predicted molar refractivity (Wildman–Crippen MR) is 247 cm³/mol. The van der Waals surface area contributed by atoms with Crippen LogP contribution in [0.5, 0.6) is 0 Å². The van der Waals surface area contributed by atoms with Crippen LogP contribution in [-0.4, -0.2) is 37.2 Å². The standard InChI is InChI=1S/C52H86O6/c1-4-7-10-13-16-19-22-23-24-25-26-27-28-29-31-33-36-39-42-45-51(54)57-48-49(47-56-50(53)44-41-38-35-32-21-18-15-12-9-6-3)58-52(55)46-43-40-37-34-30-20-17-14-11-8-5-2/h7,10,15-16,18-19,23-24,26-27,29,31,36,39,49H,4-6,8-9,11-14,17,20-22,25,28,30,32-35,37-38,40-48H2,1-3H3/b10-7-,18-15-,19-16-,24-23-,27-26-,31-29-,39-36-. The van der Waals surface area contributed by atoms with Crippen molar-refractivity contribution in [1.82, 2.24) is 0 Å². The lowest BCUT2D eigenvalue weighted by atomic mass is 10.1. The summed E-state index contributed by atoms with van der Waals surface area (Å²) in [5.74, 6) is -1.01. The molecule has 0 amide bonds. The zero-order valence-corrected chi connectivity index (χ0v) is 37.5. The predicted octanol–water partition coefficient (Wildman–Crippen LogP) is 15.3. The van der Waals surface area contributed by atoms with E-state index in [1.54, 1.807) is 0 Å². The molecular weight excluding hydrogens is 721 g/mol. The average molecular weight is 807 g/mol. The summed E-state index contributed by atoms with van der Waals surface area (Å²) in [5.41, 5.74) is 0. The molecule has 1 unspecified atom stereocenters. The van der Waals surface area contributed by atoms with Gasteiger partial charge in [-0.15, -0.1) is 0 Å². The average Bonchev–Trinajstić information content (AvgIpc) is 3.22. The molecule has 330 valence electrons. The van der Waals surface area contributed by atoms with Crippen molar-refractivity contribution in [2.75, 3.05) is 13.2 Å². The highest BCUT2D eigenvalue weighted by Crippen LogP contribution is 2.13. The van der Waals surface area contributed by atoms with E-state index in [4.69, 9.17) is 14.2 Å². The zero-order valence-electron chi connectivity index (χ0n) is 37.5. The highest BCUT2D eigenvalue weighted by molar-refractivity contribution is 5.71. The summed E-state index contributed by atoms with van der Waals surface area (Å²) < 4.78 is 16.6. The Kier molecular flexibility index (Phi) is 43.6. The van der Waals surface area contributed by atoms with Crippen LogP contribution in [0.2, 0.25) is 0 Å². The number of unbranched alkanes of at least 4 members (excludes halogenated alkanes) is 16. The highest BCUT2D eigenvalue weighted by atomic mass is 16.6. The second-order valence-electron chi connectivity index (χ2n) is 15.3. The Bertz CT molecular complexity index is 1160. The van der Waals surface area contributed by atoms with E-state index in [1.807, 2.05) is 12.2 Å². The molecule has 0 N–H and O–H groups in total. The third kappa shape index (κ3) is 43.7. The molecule has 0 aromatic rings. The van der Waals surface area contributed by atoms with Crippen LogP contribution in [0.4, 0.5) is 0 Å². The molecule has 0 aromatic heterocycles. The molecule has 0 aromatic carbocycles. The van der Waals surface area contributed by atoms with Gasteiger partial charge < -0.3 is 14.2 Å². The van der Waals surface area contributed by atoms with Gasteiger partial charge in [0.15, 0.2) is 6.10 Å². The maximum atomic E-state index is 12.7. The van der Waals surface area contributed by atoms with Gasteiger partial charge in [-0.05, 0) is 77.0 Å². The number of hydrogen-bond donors (Lipinski definition) is 0. The number of carbonyl (C=O) groups is 3. The normalized spacial score (nSPS) is 12.8. The summed E-state index contributed by atoms with van der Waals surface area (Å²) in [6.07, 6.45) is 58.6. The first-order valence-electron chi connectivity index (χ1n) is 23.6. The van der Waals surface area contributed by atoms with Crippen molar-refractivity contribution >= 4 is 17.9 Å². The van der Waals surface area contributed by atoms with E-state index in [9.17, 15) is 14.4 Å². The van der Waals surface area contributed by atoms with Gasteiger partial charge in [0, 0.05) is 19.3 Å². The van der Waals surface area contributed by atoms with Crippen molar-refractivity contribution in [3.63, 3.8) is 0 Å². The molecule has 0 saturated carbocycles. The van der Waals surface area contributed by atoms with Crippen molar-refractivity contribution in [3.05, 3.63) is 85.1 Å². The van der Waals surface area contributed by atoms with E-state index < -0.39 is 6.10 Å². The molecule has 1 atom stereocenters. The van der Waals surface area contributed by atoms with E-state index in [-0.39, 0.29) is 37.5 Å². The molecular formula is C52H86O6. The molecule has 0 radical (unpaired) electrons. The van der Waals surface area contributed by atoms with E-state index in [0.717, 1.165) is 96.3 Å². The third-order valence-corrected chi connectivity index (χ3v) is 9.65. The first-order chi connectivity index (χ1) is 28.5. The summed E-state index contributed by atoms with van der Waals surface area (Å²) in [7, 11) is 0. The topological polar surface area (TPSA) is 78.9 Å². The summed E-state index contributed by atoms with van der Waals surface area (Å²) >= 11 is 0. The van der Waals surface area contributed by atoms with Crippen molar-refractivity contribution in [3.8, 4) is 0 Å². The Balaban J connectivity index is 4.48. The first kappa shape index (κ1) is 54.6. The molecule has 6 heteroatoms. The quantitative estimate of drug-likeness (QED) is 0.0265. The minimum Gasteiger partial charge on any atom is -0.462 e. The van der Waals surface area contributed by atoms with Gasteiger partial charge in [0.2, 0.25) is 0 Å². The molecule has 6 nitrogen and oxygen atoms in total. The van der Waals surface area contributed by atoms with Gasteiger partial charge in [-0.2, -0.15) is 0 Å². The van der Waals surface area contributed by atoms with Crippen molar-refractivity contribution in [1.29, 1.82) is 0 Å². The van der Waals surface area contributed by atoms with E-state index in [0.29, 0.717) is 19.3 Å². The lowest BCUT2D eigenvalue weighted by molar-refractivity contribution is -0.166. The number of esters is 3. The van der Waals surface area contributed by atoms with Gasteiger partial charge in [-0.1, -0.05) is 196 Å². The Labute approximate surface area is 356 Å². The van der Waals surface area contributed by atoms with Gasteiger partial charge in [-0.25, -0.2) is 0 Å². The summed E-state index contributed by atoms with van der Waals surface area (Å²) in [6.45, 7) is 6.38. The number of allylic oxidation sites excluding steroid dienone is 14. The monoisotopic (exact) mass is 807 g/mol. The second-order valence-corrected chi connectivity index (χ2v) is 15.3. The first-order valence-corrected chi connectivity index (χ1v) is 23.6. The maximum Gasteiger partial charge on any atom is 0.306 e. The number of ether oxygens (including phenoxy) is 3. The number of hydrogen-bond acceptors (Lipinski definition) is 6. The van der Waals surface area contributed by atoms with Gasteiger partial charge in [0.25, 0.3) is 0 Å². The Morgan fingerprint density at radius 2 is 0.724 bits per heavy atom. The van der Waals surface area contributed by atoms with Crippen molar-refractivity contribution in [2.45, 2.75) is 213 Å². The van der Waals surface area contributed by atoms with Crippen molar-refractivity contribution in [2.24, 2.45) is 0 Å². The Morgan fingerprint density at radius 3 is 1.21 bits per heavy atom. The van der Waals surface area contributed by atoms with Crippen LogP contribution in [0.15, 0.2) is 85.1 Å². The van der Waals surface area contributed by atoms with Gasteiger partial charge in [0.1, 0.15) is 13.2 Å². The molecule has 0 rings (SSSR count). The molecule has 0 fully saturated rings. The minimum absolute atomic E-state index is 0.105. The van der Waals surface area contributed by atoms with Gasteiger partial charge in [0.05, 0.1) is 0 Å². The fourth-order valence-electron chi connectivity index (χ4n) is 6.09. The van der Waals surface area contributed by atoms with E-state index >= 15 is 0 Å². The molecule has 58 heavy (non-hydrogen) atoms. The van der Waals surface area contributed by atoms with Gasteiger partial charge in [-0.3, -0.25) is 14.4 Å². The number of rotatable bonds is 41. The summed E-state index contributed by atoms with van der Waals surface area (Å²) in [4.78, 5) is 37.7. The van der Waals surface area contributed by atoms with E-state index in [1.165, 1.54) is 64.2 Å². The SMILES string of the molecule is CC/C=C\C/C=C\C/C=C\C/C=C\C/C=C\C/C=C\CCC(=O)OCC(COC(=O)CCCCCC/C=C\CCCC)OC(=O)CCCCCCCCCCCCC. The minimum atomic E-state index is -0.807. The summed E-state index contributed by atoms with van der Waals surface area (Å²) in [5, 5.41) is 0. The fourth-order valence-corrected chi connectivity index (χ4v) is 6.09. The Hall–Kier alpha value is -3.41. The Morgan fingerprint density at radius 1 is 0.362 bits per heavy atom. The summed E-state index contributed by atoms with van der Waals surface area (Å²) in [6, 6.07) is 0. The van der Waals surface area contributed by atoms with Gasteiger partial charge >= 0.3 is 17.9 Å². The second kappa shape index (κ2) is 46.3. The molecule has 0 aliphatic rings. The maximum absolute atomic E-state index is 12.7. The lowest BCUT2D eigenvalue weighted by Gasteiger charge is -2.18. The fraction of sp³-hybridized carbons (Fsp3) is 0.673. The van der Waals surface area contributed by atoms with Crippen LogP contribution in [0, 0.1) is 0 Å². The molecule has 0 bridgehead atoms. The van der Waals surface area contributed by atoms with Crippen LogP contribution in [0.3, 0.4) is 0 Å². The molecule has 0 aliphatic heterocycles. The van der Waals surface area contributed by atoms with Crippen LogP contribution in [0.1, 0.15) is 207 Å².